The third-order valence-electron chi connectivity index (χ3n) is 3.40. The molecule has 0 saturated carbocycles. The number of nitrogens with zero attached hydrogens (tertiary/aromatic N) is 3. The lowest BCUT2D eigenvalue weighted by Gasteiger charge is -2.18. The Hall–Kier alpha value is -1.08. The number of alkyl halides is 3. The molecule has 0 aromatic carbocycles. The molecule has 1 aliphatic rings. The van der Waals surface area contributed by atoms with Gasteiger partial charge in [0.1, 0.15) is 16.8 Å². The maximum absolute atomic E-state index is 12.3. The van der Waals surface area contributed by atoms with Crippen molar-refractivity contribution in [2.24, 2.45) is 5.92 Å². The van der Waals surface area contributed by atoms with E-state index in [-0.39, 0.29) is 5.92 Å². The van der Waals surface area contributed by atoms with Crippen molar-refractivity contribution in [2.75, 3.05) is 31.5 Å². The van der Waals surface area contributed by atoms with Crippen LogP contribution in [0.4, 0.5) is 19.0 Å². The molecule has 0 radical (unpaired) electrons. The van der Waals surface area contributed by atoms with Crippen LogP contribution in [0.25, 0.3) is 0 Å². The van der Waals surface area contributed by atoms with Crippen LogP contribution in [-0.2, 0) is 6.42 Å². The molecule has 4 nitrogen and oxygen atoms in total. The van der Waals surface area contributed by atoms with Crippen LogP contribution in [0.3, 0.4) is 0 Å². The molecule has 0 aliphatic carbocycles. The molecule has 8 heteroatoms. The van der Waals surface area contributed by atoms with Crippen molar-refractivity contribution in [3.63, 3.8) is 0 Å². The summed E-state index contributed by atoms with van der Waals surface area (Å²) in [6, 6.07) is 1.63. The van der Waals surface area contributed by atoms with Gasteiger partial charge in [-0.15, -0.1) is 0 Å². The van der Waals surface area contributed by atoms with Crippen LogP contribution in [0.5, 0.6) is 0 Å². The minimum Gasteiger partial charge on any atom is -0.370 e. The molecular formula is C13H18ClF3N4. The van der Waals surface area contributed by atoms with Crippen LogP contribution >= 0.6 is 11.6 Å². The highest BCUT2D eigenvalue weighted by molar-refractivity contribution is 6.29. The minimum absolute atomic E-state index is 0.186. The second-order valence-corrected chi connectivity index (χ2v) is 5.62. The quantitative estimate of drug-likeness (QED) is 0.846. The molecule has 1 atom stereocenters. The normalized spacial score (nSPS) is 20.0. The maximum atomic E-state index is 12.3. The molecule has 0 spiro atoms. The molecule has 0 bridgehead atoms. The standard InChI is InChI=1S/C13H18ClF3N4/c1-2-11-19-10(14)5-12(20-11)18-6-9-3-4-21(7-9)8-13(15,16)17/h5,9H,2-4,6-8H2,1H3,(H,18,19,20). The first-order valence-electron chi connectivity index (χ1n) is 6.92. The molecule has 1 saturated heterocycles. The first-order chi connectivity index (χ1) is 9.85. The zero-order valence-electron chi connectivity index (χ0n) is 11.8. The molecule has 1 aromatic heterocycles. The van der Waals surface area contributed by atoms with Crippen molar-refractivity contribution in [3.8, 4) is 0 Å². The first-order valence-corrected chi connectivity index (χ1v) is 7.30. The van der Waals surface area contributed by atoms with Gasteiger partial charge in [0.15, 0.2) is 0 Å². The van der Waals surface area contributed by atoms with E-state index in [0.717, 1.165) is 6.42 Å². The van der Waals surface area contributed by atoms with Gasteiger partial charge in [-0.25, -0.2) is 9.97 Å². The van der Waals surface area contributed by atoms with Gasteiger partial charge in [0, 0.05) is 25.6 Å². The Morgan fingerprint density at radius 3 is 2.86 bits per heavy atom. The van der Waals surface area contributed by atoms with E-state index in [4.69, 9.17) is 11.6 Å². The number of rotatable bonds is 5. The van der Waals surface area contributed by atoms with Gasteiger partial charge in [-0.2, -0.15) is 13.2 Å². The molecule has 1 aliphatic heterocycles. The van der Waals surface area contributed by atoms with E-state index in [9.17, 15) is 13.2 Å². The van der Waals surface area contributed by atoms with Gasteiger partial charge in [0.2, 0.25) is 0 Å². The number of aryl methyl sites for hydroxylation is 1. The van der Waals surface area contributed by atoms with E-state index >= 15 is 0 Å². The Morgan fingerprint density at radius 1 is 1.43 bits per heavy atom. The summed E-state index contributed by atoms with van der Waals surface area (Å²) in [6.45, 7) is 2.62. The number of aromatic nitrogens is 2. The van der Waals surface area contributed by atoms with Crippen LogP contribution in [-0.4, -0.2) is 47.2 Å². The van der Waals surface area contributed by atoms with Gasteiger partial charge in [0.25, 0.3) is 0 Å². The summed E-state index contributed by atoms with van der Waals surface area (Å²) >= 11 is 5.90. The summed E-state index contributed by atoms with van der Waals surface area (Å²) in [5.74, 6) is 1.46. The highest BCUT2D eigenvalue weighted by Crippen LogP contribution is 2.23. The third-order valence-corrected chi connectivity index (χ3v) is 3.60. The summed E-state index contributed by atoms with van der Waals surface area (Å²) in [7, 11) is 0. The Labute approximate surface area is 126 Å². The number of anilines is 1. The summed E-state index contributed by atoms with van der Waals surface area (Å²) in [4.78, 5) is 9.80. The topological polar surface area (TPSA) is 41.1 Å². The molecule has 2 rings (SSSR count). The third kappa shape index (κ3) is 5.32. The second-order valence-electron chi connectivity index (χ2n) is 5.23. The summed E-state index contributed by atoms with van der Waals surface area (Å²) in [6.07, 6.45) is -2.70. The van der Waals surface area contributed by atoms with Gasteiger partial charge < -0.3 is 5.32 Å². The molecule has 1 unspecified atom stereocenters. The fourth-order valence-electron chi connectivity index (χ4n) is 2.44. The van der Waals surface area contributed by atoms with Crippen LogP contribution in [0.1, 0.15) is 19.2 Å². The van der Waals surface area contributed by atoms with Gasteiger partial charge in [-0.05, 0) is 18.9 Å². The average molecular weight is 323 g/mol. The highest BCUT2D eigenvalue weighted by atomic mass is 35.5. The Morgan fingerprint density at radius 2 is 2.19 bits per heavy atom. The minimum atomic E-state index is -4.13. The van der Waals surface area contributed by atoms with Crippen molar-refractivity contribution < 1.29 is 13.2 Å². The Kier molecular flexibility index (Phi) is 5.27. The maximum Gasteiger partial charge on any atom is 0.401 e. The highest BCUT2D eigenvalue weighted by Gasteiger charge is 2.34. The number of hydrogen-bond donors (Lipinski definition) is 1. The smallest absolute Gasteiger partial charge is 0.370 e. The van der Waals surface area contributed by atoms with Gasteiger partial charge in [-0.1, -0.05) is 18.5 Å². The molecule has 21 heavy (non-hydrogen) atoms. The summed E-state index contributed by atoms with van der Waals surface area (Å²) < 4.78 is 37.0. The van der Waals surface area contributed by atoms with Crippen LogP contribution in [0.2, 0.25) is 5.15 Å². The Balaban J connectivity index is 1.83. The Bertz CT molecular complexity index is 481. The zero-order chi connectivity index (χ0) is 15.5. The van der Waals surface area contributed by atoms with E-state index in [0.29, 0.717) is 42.9 Å². The fraction of sp³-hybridized carbons (Fsp3) is 0.692. The molecule has 1 fully saturated rings. The predicted octanol–water partition coefficient (Wildman–Crippen LogP) is 2.99. The van der Waals surface area contributed by atoms with E-state index in [1.807, 2.05) is 6.92 Å². The van der Waals surface area contributed by atoms with Gasteiger partial charge in [0.05, 0.1) is 6.54 Å². The van der Waals surface area contributed by atoms with Crippen molar-refractivity contribution in [1.82, 2.24) is 14.9 Å². The molecule has 2 heterocycles. The number of hydrogen-bond acceptors (Lipinski definition) is 4. The predicted molar refractivity (Wildman–Crippen MR) is 75.5 cm³/mol. The number of halogens is 4. The van der Waals surface area contributed by atoms with Crippen molar-refractivity contribution >= 4 is 17.4 Å². The summed E-state index contributed by atoms with van der Waals surface area (Å²) in [5.41, 5.74) is 0. The van der Waals surface area contributed by atoms with Gasteiger partial charge >= 0.3 is 6.18 Å². The monoisotopic (exact) mass is 322 g/mol. The summed E-state index contributed by atoms with van der Waals surface area (Å²) in [5, 5.41) is 3.51. The van der Waals surface area contributed by atoms with Crippen LogP contribution in [0, 0.1) is 5.92 Å². The largest absolute Gasteiger partial charge is 0.401 e. The lowest BCUT2D eigenvalue weighted by molar-refractivity contribution is -0.143. The SMILES string of the molecule is CCc1nc(Cl)cc(NCC2CCN(CC(F)(F)F)C2)n1. The van der Waals surface area contributed by atoms with Crippen molar-refractivity contribution in [3.05, 3.63) is 17.0 Å². The molecule has 0 amide bonds. The van der Waals surface area contributed by atoms with Crippen molar-refractivity contribution in [1.29, 1.82) is 0 Å². The number of nitrogens with one attached hydrogen (secondary N) is 1. The lowest BCUT2D eigenvalue weighted by atomic mass is 10.1. The molecule has 1 aromatic rings. The average Bonchev–Trinajstić information content (AvgIpc) is 2.81. The van der Waals surface area contributed by atoms with E-state index < -0.39 is 12.7 Å². The number of likely N-dealkylation sites (tertiary alicyclic amines) is 1. The van der Waals surface area contributed by atoms with Crippen LogP contribution in [0.15, 0.2) is 6.07 Å². The van der Waals surface area contributed by atoms with Crippen LogP contribution < -0.4 is 5.32 Å². The van der Waals surface area contributed by atoms with E-state index in [2.05, 4.69) is 15.3 Å². The molecular weight excluding hydrogens is 305 g/mol. The van der Waals surface area contributed by atoms with E-state index in [1.54, 1.807) is 6.07 Å². The fourth-order valence-corrected chi connectivity index (χ4v) is 2.64. The lowest BCUT2D eigenvalue weighted by Crippen LogP contribution is -2.33. The molecule has 1 N–H and O–H groups in total. The first kappa shape index (κ1) is 16.3. The van der Waals surface area contributed by atoms with Crippen molar-refractivity contribution in [2.45, 2.75) is 25.9 Å². The molecule has 118 valence electrons. The van der Waals surface area contributed by atoms with Gasteiger partial charge in [-0.3, -0.25) is 4.90 Å². The second kappa shape index (κ2) is 6.79. The zero-order valence-corrected chi connectivity index (χ0v) is 12.5. The van der Waals surface area contributed by atoms with E-state index in [1.165, 1.54) is 4.90 Å².